The number of esters is 1. The molecule has 0 radical (unpaired) electrons. The molecule has 0 saturated heterocycles. The molecule has 0 bridgehead atoms. The summed E-state index contributed by atoms with van der Waals surface area (Å²) in [5.74, 6) is -0.924. The number of pyridine rings is 1. The molecule has 0 aliphatic heterocycles. The fraction of sp³-hybridized carbons (Fsp3) is 0.136. The molecule has 3 aromatic rings. The number of carbonyl (C=O) groups is 2. The van der Waals surface area contributed by atoms with Gasteiger partial charge >= 0.3 is 5.97 Å². The van der Waals surface area contributed by atoms with Crippen molar-refractivity contribution in [2.45, 2.75) is 13.8 Å². The van der Waals surface area contributed by atoms with E-state index in [4.69, 9.17) is 4.74 Å². The summed E-state index contributed by atoms with van der Waals surface area (Å²) < 4.78 is 4.74. The normalized spacial score (nSPS) is 10.2. The molecule has 0 aliphatic carbocycles. The molecule has 6 nitrogen and oxygen atoms in total. The zero-order chi connectivity index (χ0) is 20.1. The predicted molar refractivity (Wildman–Crippen MR) is 109 cm³/mol. The second-order valence-corrected chi connectivity index (χ2v) is 6.32. The maximum absolute atomic E-state index is 12.5. The van der Waals surface area contributed by atoms with Crippen molar-refractivity contribution >= 4 is 28.9 Å². The summed E-state index contributed by atoms with van der Waals surface area (Å²) in [6.45, 7) is 4.06. The molecule has 2 aromatic carbocycles. The number of hydrogen-bond acceptors (Lipinski definition) is 5. The molecule has 0 saturated carbocycles. The van der Waals surface area contributed by atoms with Gasteiger partial charge in [-0.05, 0) is 49.2 Å². The molecule has 28 heavy (non-hydrogen) atoms. The SMILES string of the molecule is COC(=O)c1ccccc1NC(=O)c1ccc(Nc2c(C)cccc2C)cn1. The van der Waals surface area contributed by atoms with Crippen LogP contribution in [0.1, 0.15) is 32.0 Å². The van der Waals surface area contributed by atoms with Crippen LogP contribution in [0.4, 0.5) is 17.1 Å². The van der Waals surface area contributed by atoms with Gasteiger partial charge in [-0.25, -0.2) is 9.78 Å². The van der Waals surface area contributed by atoms with E-state index in [-0.39, 0.29) is 11.3 Å². The zero-order valence-corrected chi connectivity index (χ0v) is 15.9. The van der Waals surface area contributed by atoms with E-state index < -0.39 is 11.9 Å². The van der Waals surface area contributed by atoms with Gasteiger partial charge in [0.2, 0.25) is 0 Å². The minimum atomic E-state index is -0.517. The first-order valence-electron chi connectivity index (χ1n) is 8.77. The highest BCUT2D eigenvalue weighted by atomic mass is 16.5. The van der Waals surface area contributed by atoms with Gasteiger partial charge in [0.25, 0.3) is 5.91 Å². The number of ether oxygens (including phenoxy) is 1. The summed E-state index contributed by atoms with van der Waals surface area (Å²) in [5, 5.41) is 6.04. The van der Waals surface area contributed by atoms with Gasteiger partial charge in [-0.2, -0.15) is 0 Å². The lowest BCUT2D eigenvalue weighted by Gasteiger charge is -2.13. The Morgan fingerprint density at radius 2 is 1.64 bits per heavy atom. The van der Waals surface area contributed by atoms with Crippen LogP contribution in [0, 0.1) is 13.8 Å². The monoisotopic (exact) mass is 375 g/mol. The summed E-state index contributed by atoms with van der Waals surface area (Å²) in [5.41, 5.74) is 4.96. The molecule has 1 heterocycles. The average Bonchev–Trinajstić information content (AvgIpc) is 2.71. The highest BCUT2D eigenvalue weighted by Gasteiger charge is 2.15. The number of nitrogens with one attached hydrogen (secondary N) is 2. The van der Waals surface area contributed by atoms with Gasteiger partial charge in [0.1, 0.15) is 5.69 Å². The Labute approximate surface area is 163 Å². The van der Waals surface area contributed by atoms with E-state index in [0.717, 1.165) is 22.5 Å². The van der Waals surface area contributed by atoms with Crippen LogP contribution in [0.5, 0.6) is 0 Å². The number of carbonyl (C=O) groups excluding carboxylic acids is 2. The third-order valence-corrected chi connectivity index (χ3v) is 4.33. The number of methoxy groups -OCH3 is 1. The van der Waals surface area contributed by atoms with E-state index in [1.807, 2.05) is 32.0 Å². The fourth-order valence-electron chi connectivity index (χ4n) is 2.82. The number of para-hydroxylation sites is 2. The minimum absolute atomic E-state index is 0.242. The van der Waals surface area contributed by atoms with Crippen LogP contribution in [0.2, 0.25) is 0 Å². The number of anilines is 3. The summed E-state index contributed by atoms with van der Waals surface area (Å²) >= 11 is 0. The number of nitrogens with zero attached hydrogens (tertiary/aromatic N) is 1. The number of aryl methyl sites for hydroxylation is 2. The highest BCUT2D eigenvalue weighted by molar-refractivity contribution is 6.07. The van der Waals surface area contributed by atoms with Gasteiger partial charge in [0, 0.05) is 5.69 Å². The molecule has 1 amide bonds. The van der Waals surface area contributed by atoms with Crippen LogP contribution in [0.3, 0.4) is 0 Å². The third-order valence-electron chi connectivity index (χ3n) is 4.33. The summed E-state index contributed by atoms with van der Waals surface area (Å²) in [6, 6.07) is 16.2. The Hall–Kier alpha value is -3.67. The molecule has 0 aliphatic rings. The van der Waals surface area contributed by atoms with E-state index in [2.05, 4.69) is 15.6 Å². The first-order valence-corrected chi connectivity index (χ1v) is 8.77. The second-order valence-electron chi connectivity index (χ2n) is 6.32. The zero-order valence-electron chi connectivity index (χ0n) is 15.9. The highest BCUT2D eigenvalue weighted by Crippen LogP contribution is 2.24. The number of amides is 1. The van der Waals surface area contributed by atoms with Gasteiger partial charge in [0.05, 0.1) is 30.2 Å². The quantitative estimate of drug-likeness (QED) is 0.643. The molecule has 0 atom stereocenters. The Balaban J connectivity index is 1.75. The van der Waals surface area contributed by atoms with Crippen molar-refractivity contribution < 1.29 is 14.3 Å². The molecule has 0 unspecified atom stereocenters. The molecule has 6 heteroatoms. The number of rotatable bonds is 5. The van der Waals surface area contributed by atoms with E-state index in [9.17, 15) is 9.59 Å². The Morgan fingerprint density at radius 3 is 2.29 bits per heavy atom. The Bertz CT molecular complexity index is 994. The van der Waals surface area contributed by atoms with Crippen LogP contribution < -0.4 is 10.6 Å². The third kappa shape index (κ3) is 4.17. The summed E-state index contributed by atoms with van der Waals surface area (Å²) in [4.78, 5) is 28.6. The van der Waals surface area contributed by atoms with Crippen LogP contribution >= 0.6 is 0 Å². The number of benzene rings is 2. The molecule has 0 spiro atoms. The lowest BCUT2D eigenvalue weighted by molar-refractivity contribution is 0.0602. The molecular formula is C22H21N3O3. The average molecular weight is 375 g/mol. The van der Waals surface area contributed by atoms with E-state index in [1.165, 1.54) is 7.11 Å². The maximum atomic E-state index is 12.5. The largest absolute Gasteiger partial charge is 0.465 e. The molecule has 2 N–H and O–H groups in total. The van der Waals surface area contributed by atoms with Gasteiger partial charge in [-0.1, -0.05) is 30.3 Å². The van der Waals surface area contributed by atoms with Crippen molar-refractivity contribution in [3.63, 3.8) is 0 Å². The van der Waals surface area contributed by atoms with Crippen molar-refractivity contribution in [1.82, 2.24) is 4.98 Å². The maximum Gasteiger partial charge on any atom is 0.339 e. The van der Waals surface area contributed by atoms with Crippen molar-refractivity contribution in [3.8, 4) is 0 Å². The van der Waals surface area contributed by atoms with E-state index >= 15 is 0 Å². The van der Waals surface area contributed by atoms with Crippen molar-refractivity contribution in [3.05, 3.63) is 83.2 Å². The second kappa shape index (κ2) is 8.35. The minimum Gasteiger partial charge on any atom is -0.465 e. The smallest absolute Gasteiger partial charge is 0.339 e. The van der Waals surface area contributed by atoms with Crippen LogP contribution in [0.15, 0.2) is 60.8 Å². The van der Waals surface area contributed by atoms with E-state index in [0.29, 0.717) is 5.69 Å². The van der Waals surface area contributed by atoms with Gasteiger partial charge in [-0.15, -0.1) is 0 Å². The number of aromatic nitrogens is 1. The molecular weight excluding hydrogens is 354 g/mol. The lowest BCUT2D eigenvalue weighted by atomic mass is 10.1. The Kier molecular flexibility index (Phi) is 5.69. The van der Waals surface area contributed by atoms with E-state index in [1.54, 1.807) is 42.6 Å². The van der Waals surface area contributed by atoms with Gasteiger partial charge in [0.15, 0.2) is 0 Å². The topological polar surface area (TPSA) is 80.3 Å². The molecule has 142 valence electrons. The van der Waals surface area contributed by atoms with Crippen molar-refractivity contribution in [2.24, 2.45) is 0 Å². The molecule has 3 rings (SSSR count). The van der Waals surface area contributed by atoms with Gasteiger partial charge < -0.3 is 15.4 Å². The first-order chi connectivity index (χ1) is 13.5. The van der Waals surface area contributed by atoms with Crippen LogP contribution in [-0.4, -0.2) is 24.0 Å². The molecule has 0 fully saturated rings. The van der Waals surface area contributed by atoms with Gasteiger partial charge in [-0.3, -0.25) is 4.79 Å². The molecule has 1 aromatic heterocycles. The predicted octanol–water partition coefficient (Wildman–Crippen LogP) is 4.48. The van der Waals surface area contributed by atoms with Crippen LogP contribution in [0.25, 0.3) is 0 Å². The van der Waals surface area contributed by atoms with Crippen LogP contribution in [-0.2, 0) is 4.74 Å². The first kappa shape index (κ1) is 19.1. The lowest BCUT2D eigenvalue weighted by Crippen LogP contribution is -2.16. The van der Waals surface area contributed by atoms with Crippen molar-refractivity contribution in [2.75, 3.05) is 17.7 Å². The summed E-state index contributed by atoms with van der Waals surface area (Å²) in [7, 11) is 1.30. The standard InChI is InChI=1S/C22H21N3O3/c1-14-7-6-8-15(2)20(14)24-16-11-12-19(23-13-16)21(26)25-18-10-5-4-9-17(18)22(27)28-3/h4-13,24H,1-3H3,(H,25,26). The number of hydrogen-bond donors (Lipinski definition) is 2. The Morgan fingerprint density at radius 1 is 0.929 bits per heavy atom. The van der Waals surface area contributed by atoms with Crippen molar-refractivity contribution in [1.29, 1.82) is 0 Å². The summed E-state index contributed by atoms with van der Waals surface area (Å²) in [6.07, 6.45) is 1.60. The fourth-order valence-corrected chi connectivity index (χ4v) is 2.82.